The Labute approximate surface area is 169 Å². The minimum absolute atomic E-state index is 0.266. The van der Waals surface area contributed by atoms with Gasteiger partial charge in [-0.1, -0.05) is 76.4 Å². The molecule has 128 valence electrons. The van der Waals surface area contributed by atoms with Gasteiger partial charge < -0.3 is 0 Å². The predicted molar refractivity (Wildman–Crippen MR) is 111 cm³/mol. The van der Waals surface area contributed by atoms with E-state index in [0.717, 1.165) is 11.1 Å². The van der Waals surface area contributed by atoms with Crippen molar-refractivity contribution < 1.29 is 4.79 Å². The summed E-state index contributed by atoms with van der Waals surface area (Å²) in [5.74, 6) is -0.266. The number of nitrogens with zero attached hydrogens (tertiary/aromatic N) is 1. The molecule has 1 heterocycles. The quantitative estimate of drug-likeness (QED) is 0.466. The Morgan fingerprint density at radius 1 is 1.12 bits per heavy atom. The number of nitrogens with one attached hydrogen (secondary N) is 1. The van der Waals surface area contributed by atoms with Crippen molar-refractivity contribution >= 4 is 80.8 Å². The highest BCUT2D eigenvalue weighted by atomic mass is 35.5. The van der Waals surface area contributed by atoms with Crippen LogP contribution in [0.2, 0.25) is 15.1 Å². The normalized spacial score (nSPS) is 16.0. The molecule has 1 aliphatic rings. The first-order valence-corrected chi connectivity index (χ1v) is 9.47. The summed E-state index contributed by atoms with van der Waals surface area (Å²) in [6, 6.07) is 10.9. The molecule has 0 unspecified atom stereocenters. The van der Waals surface area contributed by atoms with Crippen LogP contribution in [0, 0.1) is 6.92 Å². The van der Waals surface area contributed by atoms with Crippen molar-refractivity contribution in [2.45, 2.75) is 6.92 Å². The van der Waals surface area contributed by atoms with Crippen molar-refractivity contribution in [1.82, 2.24) is 5.01 Å². The Morgan fingerprint density at radius 3 is 2.32 bits per heavy atom. The average Bonchev–Trinajstić information content (AvgIpc) is 2.80. The van der Waals surface area contributed by atoms with E-state index in [1.54, 1.807) is 6.08 Å². The average molecular weight is 430 g/mol. The minimum atomic E-state index is -0.266. The van der Waals surface area contributed by atoms with Gasteiger partial charge in [0.15, 0.2) is 4.32 Å². The molecule has 8 heteroatoms. The van der Waals surface area contributed by atoms with Gasteiger partial charge in [0, 0.05) is 5.02 Å². The molecule has 1 N–H and O–H groups in total. The molecule has 0 aromatic heterocycles. The number of anilines is 1. The smallest absolute Gasteiger partial charge is 0.285 e. The lowest BCUT2D eigenvalue weighted by Crippen LogP contribution is -2.34. The highest BCUT2D eigenvalue weighted by Crippen LogP contribution is 2.37. The molecule has 2 aromatic rings. The number of halogens is 3. The second kappa shape index (κ2) is 7.56. The fourth-order valence-corrected chi connectivity index (χ4v) is 4.22. The van der Waals surface area contributed by atoms with E-state index in [-0.39, 0.29) is 5.91 Å². The molecule has 1 amide bonds. The van der Waals surface area contributed by atoms with Crippen molar-refractivity contribution in [2.24, 2.45) is 0 Å². The first kappa shape index (κ1) is 18.5. The highest BCUT2D eigenvalue weighted by molar-refractivity contribution is 8.26. The van der Waals surface area contributed by atoms with Gasteiger partial charge in [0.1, 0.15) is 0 Å². The number of hydrazine groups is 1. The lowest BCUT2D eigenvalue weighted by molar-refractivity contribution is -0.121. The Balaban J connectivity index is 1.86. The topological polar surface area (TPSA) is 32.3 Å². The number of carbonyl (C=O) groups excluding carboxylic acids is 1. The molecule has 3 rings (SSSR count). The Kier molecular flexibility index (Phi) is 5.61. The first-order chi connectivity index (χ1) is 11.8. The van der Waals surface area contributed by atoms with Gasteiger partial charge >= 0.3 is 0 Å². The summed E-state index contributed by atoms with van der Waals surface area (Å²) in [4.78, 5) is 13.2. The van der Waals surface area contributed by atoms with Gasteiger partial charge in [0.05, 0.1) is 20.6 Å². The number of rotatable bonds is 3. The first-order valence-electron chi connectivity index (χ1n) is 7.11. The van der Waals surface area contributed by atoms with Crippen LogP contribution in [0.25, 0.3) is 6.08 Å². The lowest BCUT2D eigenvalue weighted by Gasteiger charge is -2.19. The van der Waals surface area contributed by atoms with E-state index in [9.17, 15) is 4.79 Å². The summed E-state index contributed by atoms with van der Waals surface area (Å²) in [5.41, 5.74) is 5.34. The molecule has 25 heavy (non-hydrogen) atoms. The van der Waals surface area contributed by atoms with Crippen molar-refractivity contribution in [3.63, 3.8) is 0 Å². The fourth-order valence-electron chi connectivity index (χ4n) is 2.14. The van der Waals surface area contributed by atoms with Gasteiger partial charge in [-0.25, -0.2) is 5.01 Å². The third kappa shape index (κ3) is 4.13. The van der Waals surface area contributed by atoms with Gasteiger partial charge in [0.25, 0.3) is 5.91 Å². The molecule has 0 radical (unpaired) electrons. The number of amides is 1. The number of carbonyl (C=O) groups is 1. The zero-order chi connectivity index (χ0) is 18.1. The van der Waals surface area contributed by atoms with Crippen molar-refractivity contribution in [1.29, 1.82) is 0 Å². The number of hydrogen-bond acceptors (Lipinski definition) is 4. The number of thiocarbonyl (C=S) groups is 1. The maximum absolute atomic E-state index is 12.7. The summed E-state index contributed by atoms with van der Waals surface area (Å²) in [5, 5.41) is 2.26. The van der Waals surface area contributed by atoms with Crippen LogP contribution in [0.1, 0.15) is 11.1 Å². The second-order valence-corrected chi connectivity index (χ2v) is 8.21. The molecule has 0 bridgehead atoms. The van der Waals surface area contributed by atoms with Crippen LogP contribution in [-0.4, -0.2) is 15.2 Å². The third-order valence-electron chi connectivity index (χ3n) is 3.40. The van der Waals surface area contributed by atoms with Crippen LogP contribution in [0.15, 0.2) is 41.3 Å². The van der Waals surface area contributed by atoms with Crippen LogP contribution in [0.4, 0.5) is 5.69 Å². The standard InChI is InChI=1S/C17H11Cl3N2OS2/c1-9-2-4-10(5-3-9)6-14-16(23)22(17(24)25-14)21-15-12(19)7-11(18)8-13(15)20/h2-8,21H,1H3/b14-6+. The molecule has 0 aliphatic carbocycles. The molecular weight excluding hydrogens is 419 g/mol. The van der Waals surface area contributed by atoms with E-state index in [2.05, 4.69) is 5.43 Å². The van der Waals surface area contributed by atoms with Gasteiger partial charge in [-0.2, -0.15) is 0 Å². The molecule has 0 spiro atoms. The summed E-state index contributed by atoms with van der Waals surface area (Å²) in [6.07, 6.45) is 1.80. The maximum atomic E-state index is 12.7. The van der Waals surface area contributed by atoms with E-state index in [1.807, 2.05) is 31.2 Å². The van der Waals surface area contributed by atoms with Crippen molar-refractivity contribution in [2.75, 3.05) is 5.43 Å². The summed E-state index contributed by atoms with van der Waals surface area (Å²) < 4.78 is 0.366. The van der Waals surface area contributed by atoms with E-state index < -0.39 is 0 Å². The molecule has 2 aromatic carbocycles. The maximum Gasteiger partial charge on any atom is 0.285 e. The Morgan fingerprint density at radius 2 is 1.72 bits per heavy atom. The Hall–Kier alpha value is -1.24. The summed E-state index contributed by atoms with van der Waals surface area (Å²) >= 11 is 24.7. The fraction of sp³-hybridized carbons (Fsp3) is 0.0588. The van der Waals surface area contributed by atoms with Crippen LogP contribution in [0.5, 0.6) is 0 Å². The van der Waals surface area contributed by atoms with Gasteiger partial charge in [-0.3, -0.25) is 10.2 Å². The number of benzene rings is 2. The molecule has 1 aliphatic heterocycles. The number of hydrogen-bond donors (Lipinski definition) is 1. The van der Waals surface area contributed by atoms with Gasteiger partial charge in [-0.15, -0.1) is 0 Å². The molecule has 1 saturated heterocycles. The molecular formula is C17H11Cl3N2OS2. The van der Waals surface area contributed by atoms with Crippen LogP contribution in [0.3, 0.4) is 0 Å². The molecule has 3 nitrogen and oxygen atoms in total. The lowest BCUT2D eigenvalue weighted by atomic mass is 10.1. The van der Waals surface area contributed by atoms with Gasteiger partial charge in [-0.05, 0) is 42.9 Å². The second-order valence-electron chi connectivity index (χ2n) is 5.28. The minimum Gasteiger partial charge on any atom is -0.287 e. The monoisotopic (exact) mass is 428 g/mol. The van der Waals surface area contributed by atoms with Crippen molar-refractivity contribution in [3.8, 4) is 0 Å². The summed E-state index contributed by atoms with van der Waals surface area (Å²) in [6.45, 7) is 2.01. The van der Waals surface area contributed by atoms with Crippen molar-refractivity contribution in [3.05, 3.63) is 67.5 Å². The predicted octanol–water partition coefficient (Wildman–Crippen LogP) is 6.18. The molecule has 1 fully saturated rings. The largest absolute Gasteiger partial charge is 0.287 e. The van der Waals surface area contributed by atoms with E-state index in [0.29, 0.717) is 30.0 Å². The zero-order valence-electron chi connectivity index (χ0n) is 12.8. The highest BCUT2D eigenvalue weighted by Gasteiger charge is 2.33. The van der Waals surface area contributed by atoms with Crippen LogP contribution >= 0.6 is 58.8 Å². The third-order valence-corrected chi connectivity index (χ3v) is 5.52. The SMILES string of the molecule is Cc1ccc(/C=C2/SC(=S)N(Nc3c(Cl)cc(Cl)cc3Cl)C2=O)cc1. The summed E-state index contributed by atoms with van der Waals surface area (Å²) in [7, 11) is 0. The molecule has 0 atom stereocenters. The number of aryl methyl sites for hydroxylation is 1. The van der Waals surface area contributed by atoms with E-state index >= 15 is 0 Å². The van der Waals surface area contributed by atoms with E-state index in [1.165, 1.54) is 28.9 Å². The van der Waals surface area contributed by atoms with Crippen LogP contribution in [-0.2, 0) is 4.79 Å². The number of thioether (sulfide) groups is 1. The van der Waals surface area contributed by atoms with Crippen LogP contribution < -0.4 is 5.43 Å². The molecule has 0 saturated carbocycles. The van der Waals surface area contributed by atoms with E-state index in [4.69, 9.17) is 47.0 Å². The Bertz CT molecular complexity index is 874. The van der Waals surface area contributed by atoms with Gasteiger partial charge in [0.2, 0.25) is 0 Å². The zero-order valence-corrected chi connectivity index (χ0v) is 16.7.